The van der Waals surface area contributed by atoms with Crippen molar-refractivity contribution in [2.75, 3.05) is 6.54 Å². The first kappa shape index (κ1) is 16.0. The van der Waals surface area contributed by atoms with Gasteiger partial charge >= 0.3 is 12.1 Å². The number of aliphatic carboxylic acids is 1. The molecule has 0 aliphatic rings. The van der Waals surface area contributed by atoms with E-state index in [-0.39, 0.29) is 6.61 Å². The fourth-order valence-electron chi connectivity index (χ4n) is 1.74. The molecule has 1 rings (SSSR count). The molecule has 0 radical (unpaired) electrons. The van der Waals surface area contributed by atoms with Crippen molar-refractivity contribution >= 4 is 12.1 Å². The Balaban J connectivity index is 2.72. The number of carbonyl (C=O) groups is 2. The highest BCUT2D eigenvalue weighted by Gasteiger charge is 2.38. The quantitative estimate of drug-likeness (QED) is 0.869. The summed E-state index contributed by atoms with van der Waals surface area (Å²) >= 11 is 0. The number of ether oxygens (including phenoxy) is 1. The average molecular weight is 279 g/mol. The van der Waals surface area contributed by atoms with Gasteiger partial charge in [0.15, 0.2) is 0 Å². The predicted octanol–water partition coefficient (Wildman–Crippen LogP) is 2.90. The van der Waals surface area contributed by atoms with Crippen molar-refractivity contribution in [1.82, 2.24) is 4.90 Å². The van der Waals surface area contributed by atoms with Gasteiger partial charge in [0.1, 0.15) is 12.1 Å². The highest BCUT2D eigenvalue weighted by molar-refractivity contribution is 5.83. The summed E-state index contributed by atoms with van der Waals surface area (Å²) in [7, 11) is 0. The third kappa shape index (κ3) is 3.98. The van der Waals surface area contributed by atoms with Crippen LogP contribution in [0.5, 0.6) is 0 Å². The van der Waals surface area contributed by atoms with E-state index in [2.05, 4.69) is 0 Å². The number of hydrogen-bond donors (Lipinski definition) is 1. The van der Waals surface area contributed by atoms with E-state index in [1.165, 1.54) is 18.7 Å². The molecule has 0 saturated carbocycles. The van der Waals surface area contributed by atoms with Gasteiger partial charge in [0.2, 0.25) is 0 Å². The molecule has 0 spiro atoms. The Bertz CT molecular complexity index is 456. The van der Waals surface area contributed by atoms with Crippen LogP contribution < -0.4 is 0 Å². The van der Waals surface area contributed by atoms with E-state index in [9.17, 15) is 14.7 Å². The number of carboxylic acid groups (broad SMARTS) is 1. The maximum absolute atomic E-state index is 12.1. The molecule has 1 N–H and O–H groups in total. The topological polar surface area (TPSA) is 66.8 Å². The lowest BCUT2D eigenvalue weighted by Gasteiger charge is -2.33. The fraction of sp³-hybridized carbons (Fsp3) is 0.467. The van der Waals surface area contributed by atoms with Crippen molar-refractivity contribution in [3.05, 3.63) is 35.9 Å². The van der Waals surface area contributed by atoms with Crippen molar-refractivity contribution in [2.45, 2.75) is 39.3 Å². The van der Waals surface area contributed by atoms with E-state index in [1.54, 1.807) is 0 Å². The van der Waals surface area contributed by atoms with Crippen molar-refractivity contribution in [3.8, 4) is 0 Å². The number of rotatable bonds is 6. The van der Waals surface area contributed by atoms with Crippen LogP contribution in [0, 0.1) is 0 Å². The molecule has 5 nitrogen and oxygen atoms in total. The molecule has 0 bridgehead atoms. The van der Waals surface area contributed by atoms with E-state index in [1.807, 2.05) is 37.3 Å². The maximum Gasteiger partial charge on any atom is 0.411 e. The highest BCUT2D eigenvalue weighted by atomic mass is 16.6. The molecule has 110 valence electrons. The van der Waals surface area contributed by atoms with Gasteiger partial charge in [-0.15, -0.1) is 0 Å². The zero-order valence-electron chi connectivity index (χ0n) is 12.1. The molecule has 0 saturated heterocycles. The third-order valence-corrected chi connectivity index (χ3v) is 3.07. The van der Waals surface area contributed by atoms with Crippen LogP contribution in [0.4, 0.5) is 4.79 Å². The Kier molecular flexibility index (Phi) is 5.55. The van der Waals surface area contributed by atoms with Crippen LogP contribution in [-0.4, -0.2) is 34.2 Å². The van der Waals surface area contributed by atoms with Crippen LogP contribution in [0.15, 0.2) is 30.3 Å². The summed E-state index contributed by atoms with van der Waals surface area (Å²) < 4.78 is 5.20. The van der Waals surface area contributed by atoms with Crippen molar-refractivity contribution in [3.63, 3.8) is 0 Å². The van der Waals surface area contributed by atoms with Crippen LogP contribution in [0.25, 0.3) is 0 Å². The maximum atomic E-state index is 12.1. The van der Waals surface area contributed by atoms with E-state index in [0.717, 1.165) is 5.56 Å². The molecule has 0 unspecified atom stereocenters. The molecule has 1 aromatic rings. The highest BCUT2D eigenvalue weighted by Crippen LogP contribution is 2.17. The second-order valence-electron chi connectivity index (χ2n) is 5.06. The fourth-order valence-corrected chi connectivity index (χ4v) is 1.74. The van der Waals surface area contributed by atoms with Gasteiger partial charge in [-0.25, -0.2) is 9.59 Å². The summed E-state index contributed by atoms with van der Waals surface area (Å²) in [5.41, 5.74) is -0.422. The molecule has 5 heteroatoms. The number of carboxylic acids is 1. The molecule has 0 aromatic heterocycles. The van der Waals surface area contributed by atoms with Gasteiger partial charge in [-0.05, 0) is 25.8 Å². The number of amides is 1. The van der Waals surface area contributed by atoms with Crippen LogP contribution in [-0.2, 0) is 16.1 Å². The van der Waals surface area contributed by atoms with Crippen molar-refractivity contribution in [2.24, 2.45) is 0 Å². The summed E-state index contributed by atoms with van der Waals surface area (Å²) in [4.78, 5) is 24.6. The van der Waals surface area contributed by atoms with Crippen LogP contribution in [0.1, 0.15) is 32.8 Å². The van der Waals surface area contributed by atoms with Gasteiger partial charge in [0.05, 0.1) is 0 Å². The molecular formula is C15H21NO4. The zero-order chi connectivity index (χ0) is 15.2. The monoisotopic (exact) mass is 279 g/mol. The van der Waals surface area contributed by atoms with E-state index in [4.69, 9.17) is 4.74 Å². The SMILES string of the molecule is CCCN(C(=O)OCc1ccccc1)C(C)(C)C(=O)O. The normalized spacial score (nSPS) is 10.9. The minimum Gasteiger partial charge on any atom is -0.480 e. The Morgan fingerprint density at radius 2 is 1.85 bits per heavy atom. The summed E-state index contributed by atoms with van der Waals surface area (Å²) in [6.45, 7) is 5.35. The smallest absolute Gasteiger partial charge is 0.411 e. The van der Waals surface area contributed by atoms with Gasteiger partial charge in [-0.3, -0.25) is 4.90 Å². The molecule has 0 aliphatic heterocycles. The van der Waals surface area contributed by atoms with Crippen LogP contribution in [0.2, 0.25) is 0 Å². The second-order valence-corrected chi connectivity index (χ2v) is 5.06. The van der Waals surface area contributed by atoms with Crippen LogP contribution in [0.3, 0.4) is 0 Å². The summed E-state index contributed by atoms with van der Waals surface area (Å²) in [6, 6.07) is 9.28. The first-order valence-corrected chi connectivity index (χ1v) is 6.61. The molecular weight excluding hydrogens is 258 g/mol. The number of hydrogen-bond acceptors (Lipinski definition) is 3. The molecule has 0 aliphatic carbocycles. The van der Waals surface area contributed by atoms with Crippen molar-refractivity contribution in [1.29, 1.82) is 0 Å². The van der Waals surface area contributed by atoms with Crippen LogP contribution >= 0.6 is 0 Å². The summed E-state index contributed by atoms with van der Waals surface area (Å²) in [6.07, 6.45) is 0.0556. The molecule has 1 amide bonds. The number of carbonyl (C=O) groups excluding carboxylic acids is 1. The Hall–Kier alpha value is -2.04. The molecule has 1 aromatic carbocycles. The van der Waals surface area contributed by atoms with Gasteiger partial charge in [0.25, 0.3) is 0 Å². The minimum absolute atomic E-state index is 0.135. The van der Waals surface area contributed by atoms with E-state index < -0.39 is 17.6 Å². The molecule has 0 atom stereocenters. The lowest BCUT2D eigenvalue weighted by molar-refractivity contribution is -0.148. The third-order valence-electron chi connectivity index (χ3n) is 3.07. The van der Waals surface area contributed by atoms with Gasteiger partial charge in [-0.2, -0.15) is 0 Å². The largest absolute Gasteiger partial charge is 0.480 e. The predicted molar refractivity (Wildman–Crippen MR) is 75.3 cm³/mol. The Morgan fingerprint density at radius 3 is 2.35 bits per heavy atom. The van der Waals surface area contributed by atoms with E-state index in [0.29, 0.717) is 13.0 Å². The lowest BCUT2D eigenvalue weighted by Crippen LogP contribution is -2.53. The molecule has 20 heavy (non-hydrogen) atoms. The summed E-state index contributed by atoms with van der Waals surface area (Å²) in [5.74, 6) is -1.05. The zero-order valence-corrected chi connectivity index (χ0v) is 12.1. The van der Waals surface area contributed by atoms with E-state index >= 15 is 0 Å². The molecule has 0 fully saturated rings. The van der Waals surface area contributed by atoms with Gasteiger partial charge < -0.3 is 9.84 Å². The number of benzene rings is 1. The molecule has 0 heterocycles. The second kappa shape index (κ2) is 6.93. The number of nitrogens with zero attached hydrogens (tertiary/aromatic N) is 1. The first-order chi connectivity index (χ1) is 9.39. The summed E-state index contributed by atoms with van der Waals surface area (Å²) in [5, 5.41) is 9.22. The van der Waals surface area contributed by atoms with Gasteiger partial charge in [0, 0.05) is 6.54 Å². The van der Waals surface area contributed by atoms with Crippen molar-refractivity contribution < 1.29 is 19.4 Å². The Labute approximate surface area is 119 Å². The average Bonchev–Trinajstić information content (AvgIpc) is 2.43. The first-order valence-electron chi connectivity index (χ1n) is 6.61. The lowest BCUT2D eigenvalue weighted by atomic mass is 10.0. The standard InChI is InChI=1S/C15H21NO4/c1-4-10-16(15(2,3)13(17)18)14(19)20-11-12-8-6-5-7-9-12/h5-9H,4,10-11H2,1-3H3,(H,17,18). The Morgan fingerprint density at radius 1 is 1.25 bits per heavy atom. The van der Waals surface area contributed by atoms with Gasteiger partial charge in [-0.1, -0.05) is 37.3 Å². The minimum atomic E-state index is -1.29.